The van der Waals surface area contributed by atoms with Crippen LogP contribution in [0.5, 0.6) is 0 Å². The lowest BCUT2D eigenvalue weighted by atomic mass is 10.0. The Morgan fingerprint density at radius 1 is 0.938 bits per heavy atom. The number of pyridine rings is 1. The predicted octanol–water partition coefficient (Wildman–Crippen LogP) is 3.18. The van der Waals surface area contributed by atoms with Gasteiger partial charge in [0.15, 0.2) is 0 Å². The zero-order chi connectivity index (χ0) is 11.5. The lowest BCUT2D eigenvalue weighted by Crippen LogP contribution is -1.87. The van der Waals surface area contributed by atoms with Crippen molar-refractivity contribution in [3.8, 4) is 11.1 Å². The average molecular weight is 211 g/mol. The van der Waals surface area contributed by atoms with E-state index in [4.69, 9.17) is 0 Å². The summed E-state index contributed by atoms with van der Waals surface area (Å²) < 4.78 is 0. The van der Waals surface area contributed by atoms with E-state index in [0.717, 1.165) is 28.5 Å². The van der Waals surface area contributed by atoms with E-state index in [1.54, 1.807) is 0 Å². The van der Waals surface area contributed by atoms with Crippen molar-refractivity contribution in [2.45, 2.75) is 13.8 Å². The summed E-state index contributed by atoms with van der Waals surface area (Å²) in [5.74, 6) is 0. The molecular formula is C14H13NO. The zero-order valence-corrected chi connectivity index (χ0v) is 9.40. The Morgan fingerprint density at radius 2 is 1.69 bits per heavy atom. The number of hydrogen-bond acceptors (Lipinski definition) is 2. The van der Waals surface area contributed by atoms with Crippen LogP contribution in [-0.2, 0) is 0 Å². The Kier molecular flexibility index (Phi) is 2.82. The molecule has 0 saturated heterocycles. The van der Waals surface area contributed by atoms with Gasteiger partial charge >= 0.3 is 0 Å². The number of nitrogens with zero attached hydrogens (tertiary/aromatic N) is 1. The van der Waals surface area contributed by atoms with Crippen LogP contribution in [0.4, 0.5) is 0 Å². The SMILES string of the molecule is Cc1cncc(-c2cc(C)cc(C=O)c2)c1. The predicted molar refractivity (Wildman–Crippen MR) is 64.5 cm³/mol. The molecule has 2 rings (SSSR count). The molecule has 0 atom stereocenters. The number of benzene rings is 1. The molecule has 0 fully saturated rings. The van der Waals surface area contributed by atoms with E-state index in [-0.39, 0.29) is 0 Å². The molecule has 0 aliphatic carbocycles. The highest BCUT2D eigenvalue weighted by Gasteiger charge is 2.01. The summed E-state index contributed by atoms with van der Waals surface area (Å²) in [6.45, 7) is 3.99. The van der Waals surface area contributed by atoms with Crippen LogP contribution in [0.15, 0.2) is 36.7 Å². The van der Waals surface area contributed by atoms with Crippen molar-refractivity contribution in [1.29, 1.82) is 0 Å². The van der Waals surface area contributed by atoms with E-state index in [1.165, 1.54) is 0 Å². The summed E-state index contributed by atoms with van der Waals surface area (Å²) in [6.07, 6.45) is 4.51. The van der Waals surface area contributed by atoms with E-state index < -0.39 is 0 Å². The normalized spacial score (nSPS) is 10.1. The molecule has 0 aliphatic rings. The molecule has 16 heavy (non-hydrogen) atoms. The second kappa shape index (κ2) is 4.27. The maximum atomic E-state index is 10.8. The van der Waals surface area contributed by atoms with Gasteiger partial charge in [-0.05, 0) is 48.7 Å². The van der Waals surface area contributed by atoms with Crippen molar-refractivity contribution in [2.24, 2.45) is 0 Å². The molecule has 0 radical (unpaired) electrons. The number of hydrogen-bond donors (Lipinski definition) is 0. The summed E-state index contributed by atoms with van der Waals surface area (Å²) in [5.41, 5.74) is 4.99. The molecule has 0 aliphatic heterocycles. The van der Waals surface area contributed by atoms with Crippen LogP contribution in [-0.4, -0.2) is 11.3 Å². The molecule has 80 valence electrons. The largest absolute Gasteiger partial charge is 0.298 e. The van der Waals surface area contributed by atoms with E-state index >= 15 is 0 Å². The van der Waals surface area contributed by atoms with Gasteiger partial charge in [0.1, 0.15) is 6.29 Å². The quantitative estimate of drug-likeness (QED) is 0.714. The molecule has 1 heterocycles. The molecule has 2 heteroatoms. The highest BCUT2D eigenvalue weighted by molar-refractivity contribution is 5.79. The van der Waals surface area contributed by atoms with Gasteiger partial charge in [-0.2, -0.15) is 0 Å². The van der Waals surface area contributed by atoms with Crippen LogP contribution in [0.2, 0.25) is 0 Å². The van der Waals surface area contributed by atoms with Crippen LogP contribution in [0.25, 0.3) is 11.1 Å². The van der Waals surface area contributed by atoms with Gasteiger partial charge in [-0.1, -0.05) is 6.07 Å². The highest BCUT2D eigenvalue weighted by atomic mass is 16.1. The van der Waals surface area contributed by atoms with Crippen LogP contribution in [0.3, 0.4) is 0 Å². The van der Waals surface area contributed by atoms with Crippen molar-refractivity contribution in [1.82, 2.24) is 4.98 Å². The van der Waals surface area contributed by atoms with Gasteiger partial charge in [0.2, 0.25) is 0 Å². The monoisotopic (exact) mass is 211 g/mol. The third-order valence-electron chi connectivity index (χ3n) is 2.44. The minimum Gasteiger partial charge on any atom is -0.298 e. The number of carbonyl (C=O) groups is 1. The van der Waals surface area contributed by atoms with Gasteiger partial charge in [-0.15, -0.1) is 0 Å². The number of aromatic nitrogens is 1. The lowest BCUT2D eigenvalue weighted by Gasteiger charge is -2.05. The van der Waals surface area contributed by atoms with E-state index in [2.05, 4.69) is 17.1 Å². The van der Waals surface area contributed by atoms with Gasteiger partial charge < -0.3 is 0 Å². The molecule has 1 aromatic carbocycles. The lowest BCUT2D eigenvalue weighted by molar-refractivity contribution is 0.112. The minimum absolute atomic E-state index is 0.705. The Hall–Kier alpha value is -1.96. The first-order chi connectivity index (χ1) is 7.69. The smallest absolute Gasteiger partial charge is 0.150 e. The first kappa shape index (κ1) is 10.6. The molecule has 0 saturated carbocycles. The summed E-state index contributed by atoms with van der Waals surface area (Å²) in [7, 11) is 0. The van der Waals surface area contributed by atoms with Gasteiger partial charge in [0.05, 0.1) is 0 Å². The third kappa shape index (κ3) is 2.16. The summed E-state index contributed by atoms with van der Waals surface area (Å²) in [6, 6.07) is 7.88. The van der Waals surface area contributed by atoms with Crippen molar-refractivity contribution in [3.63, 3.8) is 0 Å². The Morgan fingerprint density at radius 3 is 2.38 bits per heavy atom. The van der Waals surface area contributed by atoms with E-state index in [9.17, 15) is 4.79 Å². The standard InChI is InChI=1S/C14H13NO/c1-10-3-12(9-16)6-13(4-10)14-5-11(2)7-15-8-14/h3-9H,1-2H3. The minimum atomic E-state index is 0.705. The summed E-state index contributed by atoms with van der Waals surface area (Å²) in [4.78, 5) is 15.0. The van der Waals surface area contributed by atoms with Gasteiger partial charge in [0, 0.05) is 23.5 Å². The second-order valence-corrected chi connectivity index (χ2v) is 4.00. The fraction of sp³-hybridized carbons (Fsp3) is 0.143. The maximum Gasteiger partial charge on any atom is 0.150 e. The fourth-order valence-electron chi connectivity index (χ4n) is 1.76. The number of aldehydes is 1. The number of rotatable bonds is 2. The van der Waals surface area contributed by atoms with Crippen LogP contribution in [0, 0.1) is 13.8 Å². The van der Waals surface area contributed by atoms with Crippen molar-refractivity contribution in [2.75, 3.05) is 0 Å². The average Bonchev–Trinajstić information content (AvgIpc) is 2.28. The summed E-state index contributed by atoms with van der Waals surface area (Å²) >= 11 is 0. The molecule has 1 aromatic heterocycles. The molecule has 2 aromatic rings. The highest BCUT2D eigenvalue weighted by Crippen LogP contribution is 2.21. The molecule has 0 N–H and O–H groups in total. The number of carbonyl (C=O) groups excluding carboxylic acids is 1. The third-order valence-corrected chi connectivity index (χ3v) is 2.44. The Labute approximate surface area is 95.0 Å². The topological polar surface area (TPSA) is 30.0 Å². The molecular weight excluding hydrogens is 198 g/mol. The van der Waals surface area contributed by atoms with Crippen molar-refractivity contribution < 1.29 is 4.79 Å². The van der Waals surface area contributed by atoms with Gasteiger partial charge in [-0.25, -0.2) is 0 Å². The molecule has 0 bridgehead atoms. The van der Waals surface area contributed by atoms with Crippen LogP contribution >= 0.6 is 0 Å². The molecule has 0 unspecified atom stereocenters. The first-order valence-corrected chi connectivity index (χ1v) is 5.18. The Bertz CT molecular complexity index is 532. The van der Waals surface area contributed by atoms with E-state index in [0.29, 0.717) is 5.56 Å². The maximum absolute atomic E-state index is 10.8. The van der Waals surface area contributed by atoms with Gasteiger partial charge in [-0.3, -0.25) is 9.78 Å². The second-order valence-electron chi connectivity index (χ2n) is 4.00. The summed E-state index contributed by atoms with van der Waals surface area (Å²) in [5, 5.41) is 0. The van der Waals surface area contributed by atoms with Crippen molar-refractivity contribution >= 4 is 6.29 Å². The fourth-order valence-corrected chi connectivity index (χ4v) is 1.76. The first-order valence-electron chi connectivity index (χ1n) is 5.18. The molecule has 0 spiro atoms. The molecule has 2 nitrogen and oxygen atoms in total. The van der Waals surface area contributed by atoms with Crippen LogP contribution < -0.4 is 0 Å². The van der Waals surface area contributed by atoms with Crippen molar-refractivity contribution in [3.05, 3.63) is 53.3 Å². The Balaban J connectivity index is 2.55. The van der Waals surface area contributed by atoms with Gasteiger partial charge in [0.25, 0.3) is 0 Å². The number of aryl methyl sites for hydroxylation is 2. The zero-order valence-electron chi connectivity index (χ0n) is 9.40. The van der Waals surface area contributed by atoms with Crippen LogP contribution in [0.1, 0.15) is 21.5 Å². The van der Waals surface area contributed by atoms with E-state index in [1.807, 2.05) is 38.4 Å². The molecule has 0 amide bonds.